The van der Waals surface area contributed by atoms with E-state index in [1.54, 1.807) is 25.7 Å². The second-order valence-corrected chi connectivity index (χ2v) is 17.5. The molecule has 0 aromatic heterocycles. The van der Waals surface area contributed by atoms with Crippen molar-refractivity contribution in [2.45, 2.75) is 172 Å². The number of hydrogen-bond donors (Lipinski definition) is 2. The third-order valence-electron chi connectivity index (χ3n) is 13.2. The van der Waals surface area contributed by atoms with Crippen molar-refractivity contribution < 1.29 is 0 Å². The molecule has 6 aliphatic rings. The highest BCUT2D eigenvalue weighted by molar-refractivity contribution is 7.82. The maximum Gasteiger partial charge on any atom is 0.0184 e. The predicted molar refractivity (Wildman–Crippen MR) is 169 cm³/mol. The normalized spacial score (nSPS) is 50.7. The second-order valence-electron chi connectivity index (χ2n) is 15.9. The molecule has 6 bridgehead atoms. The molecule has 6 aliphatic carbocycles. The van der Waals surface area contributed by atoms with E-state index < -0.39 is 0 Å². The van der Waals surface area contributed by atoms with Crippen LogP contribution in [0.5, 0.6) is 0 Å². The van der Waals surface area contributed by atoms with Crippen LogP contribution < -0.4 is 0 Å². The maximum atomic E-state index is 5.78. The predicted octanol–water partition coefficient (Wildman–Crippen LogP) is 11.3. The first kappa shape index (κ1) is 29.2. The highest BCUT2D eigenvalue weighted by atomic mass is 32.1. The molecule has 8 unspecified atom stereocenters. The monoisotopic (exact) mass is 546 g/mol. The summed E-state index contributed by atoms with van der Waals surface area (Å²) in [6.45, 7) is 7.90. The van der Waals surface area contributed by atoms with Crippen molar-refractivity contribution in [2.24, 2.45) is 46.3 Å². The molecule has 37 heavy (non-hydrogen) atoms. The first-order chi connectivity index (χ1) is 17.7. The average Bonchev–Trinajstić information content (AvgIpc) is 3.57. The highest BCUT2D eigenvalue weighted by Crippen LogP contribution is 2.70. The van der Waals surface area contributed by atoms with Gasteiger partial charge in [0, 0.05) is 10.00 Å². The lowest BCUT2D eigenvalue weighted by Gasteiger charge is -2.44. The van der Waals surface area contributed by atoms with Gasteiger partial charge in [-0.05, 0) is 117 Å². The third kappa shape index (κ3) is 6.62. The van der Waals surface area contributed by atoms with E-state index in [-0.39, 0.29) is 4.75 Å². The lowest BCUT2D eigenvalue weighted by molar-refractivity contribution is 0.0984. The zero-order valence-electron chi connectivity index (χ0n) is 25.0. The lowest BCUT2D eigenvalue weighted by atomic mass is 9.64. The van der Waals surface area contributed by atoms with Crippen LogP contribution in [0.3, 0.4) is 0 Å². The van der Waals surface area contributed by atoms with Gasteiger partial charge in [0.15, 0.2) is 0 Å². The summed E-state index contributed by atoms with van der Waals surface area (Å²) in [6.07, 6.45) is 32.2. The summed E-state index contributed by atoms with van der Waals surface area (Å²) >= 11 is 11.0. The van der Waals surface area contributed by atoms with Crippen LogP contribution in [0.15, 0.2) is 0 Å². The Balaban J connectivity index is 1.53. The van der Waals surface area contributed by atoms with Crippen molar-refractivity contribution in [3.8, 4) is 0 Å². The fraction of sp³-hybridized carbons (Fsp3) is 1.00. The molecule has 6 fully saturated rings. The minimum absolute atomic E-state index is 0.205. The van der Waals surface area contributed by atoms with E-state index in [9.17, 15) is 0 Å². The molecular weight excluding hydrogens is 485 g/mol. The second kappa shape index (κ2) is 12.3. The molecule has 0 aliphatic heterocycles. The van der Waals surface area contributed by atoms with Crippen LogP contribution in [0.1, 0.15) is 162 Å². The Morgan fingerprint density at radius 2 is 1.30 bits per heavy atom. The topological polar surface area (TPSA) is 0 Å². The van der Waals surface area contributed by atoms with Gasteiger partial charge in [-0.2, -0.15) is 25.3 Å². The molecule has 0 N–H and O–H groups in total. The Kier molecular flexibility index (Phi) is 9.70. The van der Waals surface area contributed by atoms with Gasteiger partial charge in [0.25, 0.3) is 0 Å². The summed E-state index contributed by atoms with van der Waals surface area (Å²) in [5.74, 6) is 5.36. The van der Waals surface area contributed by atoms with Gasteiger partial charge >= 0.3 is 0 Å². The smallest absolute Gasteiger partial charge is 0.0184 e. The Hall–Kier alpha value is 0.700. The molecule has 2 heteroatoms. The van der Waals surface area contributed by atoms with Crippen molar-refractivity contribution in [1.29, 1.82) is 0 Å². The summed E-state index contributed by atoms with van der Waals surface area (Å²) in [5, 5.41) is 0.545. The van der Waals surface area contributed by atoms with Crippen molar-refractivity contribution in [2.75, 3.05) is 0 Å². The quantitative estimate of drug-likeness (QED) is 0.277. The van der Waals surface area contributed by atoms with E-state index in [1.165, 1.54) is 116 Å². The van der Waals surface area contributed by atoms with Crippen molar-refractivity contribution in [3.63, 3.8) is 0 Å². The molecular formula is C35H62S2. The summed E-state index contributed by atoms with van der Waals surface area (Å²) < 4.78 is 0.205. The van der Waals surface area contributed by atoms with Crippen LogP contribution in [0.25, 0.3) is 0 Å². The molecule has 6 saturated carbocycles. The van der Waals surface area contributed by atoms with Gasteiger partial charge in [0.1, 0.15) is 0 Å². The summed E-state index contributed by atoms with van der Waals surface area (Å²) in [5.41, 5.74) is 1.34. The van der Waals surface area contributed by atoms with Crippen LogP contribution in [0, 0.1) is 46.3 Å². The molecule has 0 aromatic carbocycles. The fourth-order valence-electron chi connectivity index (χ4n) is 10.8. The number of thiol groups is 2. The molecule has 0 radical (unpaired) electrons. The molecule has 10 atom stereocenters. The van der Waals surface area contributed by atoms with Crippen LogP contribution in [-0.4, -0.2) is 10.00 Å². The Morgan fingerprint density at radius 1 is 0.622 bits per heavy atom. The van der Waals surface area contributed by atoms with Gasteiger partial charge in [-0.25, -0.2) is 0 Å². The first-order valence-corrected chi connectivity index (χ1v) is 18.1. The Morgan fingerprint density at radius 3 is 2.14 bits per heavy atom. The van der Waals surface area contributed by atoms with E-state index in [1.807, 2.05) is 0 Å². The third-order valence-corrected chi connectivity index (χ3v) is 14.7. The van der Waals surface area contributed by atoms with E-state index in [0.29, 0.717) is 16.6 Å². The van der Waals surface area contributed by atoms with Crippen LogP contribution in [-0.2, 0) is 0 Å². The van der Waals surface area contributed by atoms with Crippen molar-refractivity contribution in [3.05, 3.63) is 0 Å². The first-order valence-electron chi connectivity index (χ1n) is 17.1. The van der Waals surface area contributed by atoms with Crippen LogP contribution in [0.4, 0.5) is 0 Å². The van der Waals surface area contributed by atoms with Gasteiger partial charge in [-0.1, -0.05) is 91.4 Å². The van der Waals surface area contributed by atoms with Crippen molar-refractivity contribution in [1.82, 2.24) is 0 Å². The van der Waals surface area contributed by atoms with Gasteiger partial charge < -0.3 is 0 Å². The summed E-state index contributed by atoms with van der Waals surface area (Å²) in [7, 11) is 0. The zero-order valence-corrected chi connectivity index (χ0v) is 26.8. The number of rotatable bonds is 0. The molecule has 0 saturated heterocycles. The average molecular weight is 547 g/mol. The molecule has 0 amide bonds. The summed E-state index contributed by atoms with van der Waals surface area (Å²) in [6, 6.07) is 0. The van der Waals surface area contributed by atoms with Gasteiger partial charge in [0.05, 0.1) is 0 Å². The maximum absolute atomic E-state index is 5.78. The SMILES string of the molecule is CC1C[C@H](S)C[C@@H](C)CCCC2CC3(C)CCCCCCCC1(S)C1CCCCC4(CC3CCC1)CC24. The number of fused-ring (bicyclic) bond motifs is 10. The molecule has 1 spiro atoms. The van der Waals surface area contributed by atoms with Gasteiger partial charge in [0.2, 0.25) is 0 Å². The lowest BCUT2D eigenvalue weighted by Crippen LogP contribution is -2.40. The van der Waals surface area contributed by atoms with E-state index in [0.717, 1.165) is 35.0 Å². The fourth-order valence-corrected chi connectivity index (χ4v) is 12.0. The molecule has 0 nitrogen and oxygen atoms in total. The van der Waals surface area contributed by atoms with E-state index in [2.05, 4.69) is 20.8 Å². The summed E-state index contributed by atoms with van der Waals surface area (Å²) in [4.78, 5) is 0. The van der Waals surface area contributed by atoms with Gasteiger partial charge in [-0.3, -0.25) is 0 Å². The minimum Gasteiger partial charge on any atom is -0.176 e. The molecule has 6 rings (SSSR count). The standard InChI is InChI=1S/C35H62S2/c1-26-13-11-14-28-23-33(3)18-8-5-4-6-9-20-35(37,27(2)22-31(36)21-26)29-15-7-10-19-34(25-32(28)34)24-30(33)17-12-16-29/h26-32,36-37H,4-25H2,1-3H3/t26-,27?,28?,29?,30?,31+,32?,33?,34?,35?/m0/s1. The molecule has 0 heterocycles. The van der Waals surface area contributed by atoms with Gasteiger partial charge in [-0.15, -0.1) is 0 Å². The van der Waals surface area contributed by atoms with E-state index >= 15 is 0 Å². The number of hydrogen-bond acceptors (Lipinski definition) is 2. The highest BCUT2D eigenvalue weighted by Gasteiger charge is 2.61. The molecule has 214 valence electrons. The Labute approximate surface area is 242 Å². The minimum atomic E-state index is 0.205. The van der Waals surface area contributed by atoms with Crippen LogP contribution >= 0.6 is 25.3 Å². The largest absolute Gasteiger partial charge is 0.176 e. The van der Waals surface area contributed by atoms with E-state index in [4.69, 9.17) is 25.3 Å². The van der Waals surface area contributed by atoms with Crippen LogP contribution in [0.2, 0.25) is 0 Å². The zero-order chi connectivity index (χ0) is 26.1. The van der Waals surface area contributed by atoms with Crippen molar-refractivity contribution >= 4 is 25.3 Å². The molecule has 0 aromatic rings. The Bertz CT molecular complexity index is 735.